The van der Waals surface area contributed by atoms with Crippen molar-refractivity contribution in [3.05, 3.63) is 12.4 Å². The van der Waals surface area contributed by atoms with Gasteiger partial charge >= 0.3 is 0 Å². The molecule has 2 aliphatic rings. The molecule has 2 N–H and O–H groups in total. The van der Waals surface area contributed by atoms with E-state index in [1.165, 1.54) is 25.7 Å². The van der Waals surface area contributed by atoms with Gasteiger partial charge in [-0.1, -0.05) is 13.3 Å². The number of piperidine rings is 1. The molecule has 22 heavy (non-hydrogen) atoms. The Morgan fingerprint density at radius 1 is 1.41 bits per heavy atom. The molecule has 122 valence electrons. The molecule has 3 rings (SSSR count). The van der Waals surface area contributed by atoms with Gasteiger partial charge in [0.2, 0.25) is 0 Å². The fourth-order valence-electron chi connectivity index (χ4n) is 3.54. The molecule has 1 atom stereocenters. The van der Waals surface area contributed by atoms with Crippen molar-refractivity contribution in [2.45, 2.75) is 45.4 Å². The molecule has 1 aliphatic carbocycles. The van der Waals surface area contributed by atoms with E-state index in [0.717, 1.165) is 44.1 Å². The Morgan fingerprint density at radius 3 is 3.00 bits per heavy atom. The monoisotopic (exact) mass is 304 g/mol. The second kappa shape index (κ2) is 6.82. The van der Waals surface area contributed by atoms with Gasteiger partial charge in [0.25, 0.3) is 0 Å². The number of nitrogens with zero attached hydrogens (tertiary/aromatic N) is 3. The number of rotatable bonds is 7. The Labute approximate surface area is 133 Å². The average molecular weight is 304 g/mol. The van der Waals surface area contributed by atoms with Crippen molar-refractivity contribution >= 4 is 11.6 Å². The second-order valence-electron chi connectivity index (χ2n) is 7.00. The summed E-state index contributed by atoms with van der Waals surface area (Å²) in [4.78, 5) is 11.1. The predicted octanol–water partition coefficient (Wildman–Crippen LogP) is 2.68. The SMILES string of the molecule is CCCC1(CNc2cc(N3CCCC(CO)C3)ncn2)CC1. The van der Waals surface area contributed by atoms with Gasteiger partial charge in [0.05, 0.1) is 0 Å². The number of hydrogen-bond donors (Lipinski definition) is 2. The van der Waals surface area contributed by atoms with Crippen LogP contribution >= 0.6 is 0 Å². The van der Waals surface area contributed by atoms with Crippen molar-refractivity contribution in [2.75, 3.05) is 36.5 Å². The third-order valence-electron chi connectivity index (χ3n) is 5.14. The van der Waals surface area contributed by atoms with Gasteiger partial charge < -0.3 is 15.3 Å². The van der Waals surface area contributed by atoms with E-state index >= 15 is 0 Å². The lowest BCUT2D eigenvalue weighted by molar-refractivity contribution is 0.208. The first-order valence-electron chi connectivity index (χ1n) is 8.66. The first kappa shape index (κ1) is 15.5. The molecule has 1 unspecified atom stereocenters. The minimum atomic E-state index is 0.270. The lowest BCUT2D eigenvalue weighted by Gasteiger charge is -2.32. The topological polar surface area (TPSA) is 61.3 Å². The van der Waals surface area contributed by atoms with E-state index < -0.39 is 0 Å². The zero-order valence-corrected chi connectivity index (χ0v) is 13.6. The van der Waals surface area contributed by atoms with Crippen molar-refractivity contribution in [3.8, 4) is 0 Å². The molecule has 5 nitrogen and oxygen atoms in total. The molecular formula is C17H28N4O. The maximum Gasteiger partial charge on any atom is 0.134 e. The van der Waals surface area contributed by atoms with E-state index in [1.807, 2.05) is 0 Å². The van der Waals surface area contributed by atoms with Crippen LogP contribution in [0.3, 0.4) is 0 Å². The van der Waals surface area contributed by atoms with E-state index in [9.17, 15) is 5.11 Å². The first-order chi connectivity index (χ1) is 10.7. The van der Waals surface area contributed by atoms with E-state index in [2.05, 4.69) is 33.2 Å². The van der Waals surface area contributed by atoms with E-state index in [4.69, 9.17) is 0 Å². The Balaban J connectivity index is 1.60. The van der Waals surface area contributed by atoms with Crippen LogP contribution in [-0.2, 0) is 0 Å². The van der Waals surface area contributed by atoms with Crippen LogP contribution in [0, 0.1) is 11.3 Å². The summed E-state index contributed by atoms with van der Waals surface area (Å²) in [6.45, 7) is 5.47. The summed E-state index contributed by atoms with van der Waals surface area (Å²) in [5.41, 5.74) is 0.521. The fraction of sp³-hybridized carbons (Fsp3) is 0.765. The first-order valence-corrected chi connectivity index (χ1v) is 8.66. The molecule has 0 spiro atoms. The molecule has 1 saturated carbocycles. The van der Waals surface area contributed by atoms with Crippen molar-refractivity contribution < 1.29 is 5.11 Å². The van der Waals surface area contributed by atoms with Gasteiger partial charge in [-0.3, -0.25) is 0 Å². The summed E-state index contributed by atoms with van der Waals surface area (Å²) in [6, 6.07) is 2.06. The molecule has 0 bridgehead atoms. The Morgan fingerprint density at radius 2 is 2.27 bits per heavy atom. The number of nitrogens with one attached hydrogen (secondary N) is 1. The summed E-state index contributed by atoms with van der Waals surface area (Å²) >= 11 is 0. The minimum Gasteiger partial charge on any atom is -0.396 e. The Bertz CT molecular complexity index is 489. The van der Waals surface area contributed by atoms with Crippen molar-refractivity contribution in [2.24, 2.45) is 11.3 Å². The molecule has 0 amide bonds. The van der Waals surface area contributed by atoms with Gasteiger partial charge in [-0.25, -0.2) is 9.97 Å². The predicted molar refractivity (Wildman–Crippen MR) is 89.1 cm³/mol. The van der Waals surface area contributed by atoms with Gasteiger partial charge in [0, 0.05) is 32.3 Å². The molecule has 1 aromatic heterocycles. The molecular weight excluding hydrogens is 276 g/mol. The fourth-order valence-corrected chi connectivity index (χ4v) is 3.54. The summed E-state index contributed by atoms with van der Waals surface area (Å²) < 4.78 is 0. The quantitative estimate of drug-likeness (QED) is 0.811. The summed E-state index contributed by atoms with van der Waals surface area (Å²) in [5, 5.41) is 12.9. The number of aliphatic hydroxyl groups is 1. The van der Waals surface area contributed by atoms with Gasteiger partial charge in [0.15, 0.2) is 0 Å². The molecule has 1 aromatic rings. The third kappa shape index (κ3) is 3.69. The lowest BCUT2D eigenvalue weighted by atomic mass is 9.99. The summed E-state index contributed by atoms with van der Waals surface area (Å²) in [7, 11) is 0. The number of aliphatic hydroxyl groups excluding tert-OH is 1. The smallest absolute Gasteiger partial charge is 0.134 e. The summed E-state index contributed by atoms with van der Waals surface area (Å²) in [6.07, 6.45) is 9.14. The van der Waals surface area contributed by atoms with Crippen molar-refractivity contribution in [3.63, 3.8) is 0 Å². The van der Waals surface area contributed by atoms with E-state index in [-0.39, 0.29) is 6.61 Å². The molecule has 0 aromatic carbocycles. The van der Waals surface area contributed by atoms with Crippen molar-refractivity contribution in [1.29, 1.82) is 0 Å². The molecule has 5 heteroatoms. The standard InChI is InChI=1S/C17H28N4O/c1-2-5-17(6-7-17)12-18-15-9-16(20-13-19-15)21-8-3-4-14(10-21)11-22/h9,13-14,22H,2-8,10-12H2,1H3,(H,18,19,20). The highest BCUT2D eigenvalue weighted by Crippen LogP contribution is 2.49. The Hall–Kier alpha value is -1.36. The normalized spacial score (nSPS) is 23.4. The largest absolute Gasteiger partial charge is 0.396 e. The average Bonchev–Trinajstić information content (AvgIpc) is 3.34. The number of anilines is 2. The van der Waals surface area contributed by atoms with Gasteiger partial charge in [-0.2, -0.15) is 0 Å². The second-order valence-corrected chi connectivity index (χ2v) is 7.00. The number of hydrogen-bond acceptors (Lipinski definition) is 5. The third-order valence-corrected chi connectivity index (χ3v) is 5.14. The van der Waals surface area contributed by atoms with Gasteiger partial charge in [-0.15, -0.1) is 0 Å². The molecule has 0 radical (unpaired) electrons. The highest BCUT2D eigenvalue weighted by molar-refractivity contribution is 5.49. The maximum absolute atomic E-state index is 9.37. The molecule has 1 aliphatic heterocycles. The zero-order valence-electron chi connectivity index (χ0n) is 13.6. The van der Waals surface area contributed by atoms with Gasteiger partial charge in [0.1, 0.15) is 18.0 Å². The molecule has 1 saturated heterocycles. The van der Waals surface area contributed by atoms with Crippen LogP contribution in [-0.4, -0.2) is 41.3 Å². The Kier molecular flexibility index (Phi) is 4.81. The van der Waals surface area contributed by atoms with Crippen LogP contribution in [0.15, 0.2) is 12.4 Å². The minimum absolute atomic E-state index is 0.270. The number of aromatic nitrogens is 2. The summed E-state index contributed by atoms with van der Waals surface area (Å²) in [5.74, 6) is 2.29. The highest BCUT2D eigenvalue weighted by atomic mass is 16.3. The maximum atomic E-state index is 9.37. The molecule has 2 fully saturated rings. The van der Waals surface area contributed by atoms with Gasteiger partial charge in [-0.05, 0) is 43.4 Å². The van der Waals surface area contributed by atoms with Crippen molar-refractivity contribution in [1.82, 2.24) is 9.97 Å². The molecule has 2 heterocycles. The van der Waals surface area contributed by atoms with E-state index in [1.54, 1.807) is 6.33 Å². The van der Waals surface area contributed by atoms with E-state index in [0.29, 0.717) is 11.3 Å². The highest BCUT2D eigenvalue weighted by Gasteiger charge is 2.41. The van der Waals surface area contributed by atoms with Crippen LogP contribution in [0.1, 0.15) is 45.4 Å². The van der Waals surface area contributed by atoms with Crippen LogP contribution in [0.5, 0.6) is 0 Å². The van der Waals surface area contributed by atoms with Crippen LogP contribution < -0.4 is 10.2 Å². The zero-order chi connectivity index (χ0) is 15.4. The van der Waals surface area contributed by atoms with Crippen LogP contribution in [0.25, 0.3) is 0 Å². The lowest BCUT2D eigenvalue weighted by Crippen LogP contribution is -2.37. The van der Waals surface area contributed by atoms with Crippen LogP contribution in [0.4, 0.5) is 11.6 Å². The van der Waals surface area contributed by atoms with Crippen LogP contribution in [0.2, 0.25) is 0 Å².